The zero-order valence-electron chi connectivity index (χ0n) is 13.4. The average Bonchev–Trinajstić information content (AvgIpc) is 2.55. The van der Waals surface area contributed by atoms with Crippen LogP contribution in [0.5, 0.6) is 0 Å². The minimum absolute atomic E-state index is 0.0739. The summed E-state index contributed by atoms with van der Waals surface area (Å²) in [6.07, 6.45) is -2.06. The predicted octanol–water partition coefficient (Wildman–Crippen LogP) is -1.16. The molecule has 1 rings (SSSR count). The molecule has 0 radical (unpaired) electrons. The number of hydrogen-bond donors (Lipinski definition) is 4. The van der Waals surface area contributed by atoms with E-state index in [1.807, 2.05) is 6.26 Å². The number of nitrogens with zero attached hydrogens (tertiary/aromatic N) is 1. The van der Waals surface area contributed by atoms with Gasteiger partial charge in [0, 0.05) is 0 Å². The lowest BCUT2D eigenvalue weighted by Gasteiger charge is -2.39. The van der Waals surface area contributed by atoms with Crippen LogP contribution in [0.15, 0.2) is 5.16 Å². The summed E-state index contributed by atoms with van der Waals surface area (Å²) in [4.78, 5) is 0. The highest BCUT2D eigenvalue weighted by atomic mass is 32.3. The molecule has 1 aliphatic rings. The first-order valence-electron chi connectivity index (χ1n) is 7.37. The first-order valence-corrected chi connectivity index (χ1v) is 11.0. The third-order valence-corrected chi connectivity index (χ3v) is 5.45. The number of aliphatic hydroxyl groups is 4. The smallest absolute Gasteiger partial charge is 0.284 e. The van der Waals surface area contributed by atoms with E-state index in [0.717, 1.165) is 23.9 Å². The fourth-order valence-electron chi connectivity index (χ4n) is 2.03. The topological polar surface area (TPSA) is 169 Å². The highest BCUT2D eigenvalue weighted by Gasteiger charge is 2.44. The maximum Gasteiger partial charge on any atom is 0.284 e. The van der Waals surface area contributed by atoms with Crippen LogP contribution in [0, 0.1) is 0 Å². The third-order valence-electron chi connectivity index (χ3n) is 3.32. The quantitative estimate of drug-likeness (QED) is 0.0886. The molecule has 13 heteroatoms. The molecule has 0 bridgehead atoms. The molecular weight excluding hydrogens is 398 g/mol. The lowest BCUT2D eigenvalue weighted by atomic mass is 10.0. The van der Waals surface area contributed by atoms with Gasteiger partial charge in [-0.05, 0) is 31.3 Å². The number of oxime groups is 1. The number of unbranched alkanes of at least 4 members (excludes halogenated alkanes) is 1. The second-order valence-corrected chi connectivity index (χ2v) is 8.36. The van der Waals surface area contributed by atoms with Gasteiger partial charge in [-0.15, -0.1) is 0 Å². The molecular formula is C12H22NO9S3-. The standard InChI is InChI=1S/C12H23NO9S3/c1-23-5-3-2-4-8(13-22-25(18,19)20)24-12-11(17)10(16)9(15)7(6-14)21-12/h7,9-12,14-17H,2-6H2,1H3,(H,18,19,20)/p-1/b13-8-/t7-,9-,10+,11-,12+/m1/s1. The van der Waals surface area contributed by atoms with Crippen molar-refractivity contribution in [1.29, 1.82) is 0 Å². The molecule has 148 valence electrons. The Bertz CT molecular complexity index is 528. The summed E-state index contributed by atoms with van der Waals surface area (Å²) in [7, 11) is -5.03. The zero-order chi connectivity index (χ0) is 19.0. The summed E-state index contributed by atoms with van der Waals surface area (Å²) < 4.78 is 40.9. The fraction of sp³-hybridized carbons (Fsp3) is 0.917. The molecule has 10 nitrogen and oxygen atoms in total. The molecule has 0 amide bonds. The molecule has 1 saturated heterocycles. The summed E-state index contributed by atoms with van der Waals surface area (Å²) in [6, 6.07) is 0. The van der Waals surface area contributed by atoms with E-state index in [4.69, 9.17) is 9.84 Å². The van der Waals surface area contributed by atoms with E-state index in [2.05, 4.69) is 9.44 Å². The monoisotopic (exact) mass is 420 g/mol. The van der Waals surface area contributed by atoms with Gasteiger partial charge in [-0.25, -0.2) is 0 Å². The van der Waals surface area contributed by atoms with Crippen molar-refractivity contribution in [2.24, 2.45) is 5.16 Å². The van der Waals surface area contributed by atoms with Crippen molar-refractivity contribution in [3.05, 3.63) is 0 Å². The minimum atomic E-state index is -5.03. The normalized spacial score (nSPS) is 31.1. The van der Waals surface area contributed by atoms with Gasteiger partial charge in [-0.1, -0.05) is 16.9 Å². The Hall–Kier alpha value is -0.120. The highest BCUT2D eigenvalue weighted by Crippen LogP contribution is 2.30. The van der Waals surface area contributed by atoms with Crippen LogP contribution in [0.1, 0.15) is 19.3 Å². The van der Waals surface area contributed by atoms with Crippen LogP contribution in [-0.4, -0.2) is 86.9 Å². The summed E-state index contributed by atoms with van der Waals surface area (Å²) in [6.45, 7) is -0.590. The number of hydrogen-bond acceptors (Lipinski definition) is 12. The van der Waals surface area contributed by atoms with Crippen LogP contribution < -0.4 is 0 Å². The van der Waals surface area contributed by atoms with Gasteiger partial charge >= 0.3 is 0 Å². The van der Waals surface area contributed by atoms with Gasteiger partial charge in [0.2, 0.25) is 0 Å². The lowest BCUT2D eigenvalue weighted by molar-refractivity contribution is -0.205. The minimum Gasteiger partial charge on any atom is -0.714 e. The van der Waals surface area contributed by atoms with E-state index in [1.54, 1.807) is 11.8 Å². The van der Waals surface area contributed by atoms with Crippen molar-refractivity contribution in [3.8, 4) is 0 Å². The van der Waals surface area contributed by atoms with Crippen molar-refractivity contribution < 1.29 is 42.4 Å². The van der Waals surface area contributed by atoms with E-state index in [0.29, 0.717) is 6.42 Å². The molecule has 5 atom stereocenters. The molecule has 0 aliphatic carbocycles. The Kier molecular flexibility index (Phi) is 9.98. The van der Waals surface area contributed by atoms with Crippen molar-refractivity contribution in [2.75, 3.05) is 18.6 Å². The molecule has 0 aromatic heterocycles. The Balaban J connectivity index is 2.80. The van der Waals surface area contributed by atoms with Crippen molar-refractivity contribution in [2.45, 2.75) is 49.1 Å². The SMILES string of the molecule is CSCCCC/C(=N/OS(=O)(=O)[O-])S[C@@H]1O[C@H](CO)[C@@H](O)[C@H](O)[C@H]1O. The van der Waals surface area contributed by atoms with Crippen LogP contribution in [0.25, 0.3) is 0 Å². The summed E-state index contributed by atoms with van der Waals surface area (Å²) >= 11 is 2.39. The molecule has 4 N–H and O–H groups in total. The molecule has 0 unspecified atom stereocenters. The van der Waals surface area contributed by atoms with Crippen molar-refractivity contribution in [1.82, 2.24) is 0 Å². The second kappa shape index (κ2) is 10.9. The Morgan fingerprint density at radius 3 is 2.48 bits per heavy atom. The molecule has 1 heterocycles. The largest absolute Gasteiger partial charge is 0.714 e. The Morgan fingerprint density at radius 2 is 1.92 bits per heavy atom. The predicted molar refractivity (Wildman–Crippen MR) is 91.8 cm³/mol. The van der Waals surface area contributed by atoms with Crippen molar-refractivity contribution >= 4 is 39.0 Å². The van der Waals surface area contributed by atoms with E-state index in [-0.39, 0.29) is 11.5 Å². The van der Waals surface area contributed by atoms with Crippen LogP contribution in [0.3, 0.4) is 0 Å². The molecule has 0 spiro atoms. The lowest BCUT2D eigenvalue weighted by Crippen LogP contribution is -2.57. The molecule has 0 saturated carbocycles. The molecule has 1 fully saturated rings. The number of thioether (sulfide) groups is 2. The number of ether oxygens (including phenoxy) is 1. The van der Waals surface area contributed by atoms with E-state index < -0.39 is 46.9 Å². The van der Waals surface area contributed by atoms with Gasteiger partial charge in [0.15, 0.2) is 0 Å². The summed E-state index contributed by atoms with van der Waals surface area (Å²) in [5.74, 6) is 0.874. The van der Waals surface area contributed by atoms with Gasteiger partial charge < -0.3 is 29.7 Å². The van der Waals surface area contributed by atoms with Gasteiger partial charge in [-0.2, -0.15) is 20.2 Å². The molecule has 0 aromatic carbocycles. The van der Waals surface area contributed by atoms with Gasteiger partial charge in [0.25, 0.3) is 10.4 Å². The Labute approximate surface area is 154 Å². The van der Waals surface area contributed by atoms with Crippen LogP contribution in [0.4, 0.5) is 0 Å². The van der Waals surface area contributed by atoms with Crippen LogP contribution in [-0.2, 0) is 19.4 Å². The first-order chi connectivity index (χ1) is 11.7. The van der Waals surface area contributed by atoms with Gasteiger partial charge in [0.1, 0.15) is 34.9 Å². The number of aliphatic hydroxyl groups excluding tert-OH is 4. The molecule has 1 aliphatic heterocycles. The van der Waals surface area contributed by atoms with Crippen LogP contribution in [0.2, 0.25) is 0 Å². The highest BCUT2D eigenvalue weighted by molar-refractivity contribution is 8.14. The number of rotatable bonds is 9. The maximum atomic E-state index is 10.6. The van der Waals surface area contributed by atoms with E-state index in [9.17, 15) is 28.3 Å². The first kappa shape index (κ1) is 22.9. The zero-order valence-corrected chi connectivity index (χ0v) is 15.9. The second-order valence-electron chi connectivity index (χ2n) is 5.23. The third kappa shape index (κ3) is 7.97. The summed E-state index contributed by atoms with van der Waals surface area (Å²) in [5.41, 5.74) is -1.13. The molecule has 0 aromatic rings. The van der Waals surface area contributed by atoms with Crippen LogP contribution >= 0.6 is 23.5 Å². The average molecular weight is 421 g/mol. The fourth-order valence-corrected chi connectivity index (χ4v) is 3.87. The van der Waals surface area contributed by atoms with Crippen molar-refractivity contribution in [3.63, 3.8) is 0 Å². The summed E-state index contributed by atoms with van der Waals surface area (Å²) in [5, 5.41) is 42.0. The molecule has 25 heavy (non-hydrogen) atoms. The Morgan fingerprint density at radius 1 is 1.24 bits per heavy atom. The van der Waals surface area contributed by atoms with Gasteiger partial charge in [-0.3, -0.25) is 4.28 Å². The van der Waals surface area contributed by atoms with Gasteiger partial charge in [0.05, 0.1) is 6.61 Å². The maximum absolute atomic E-state index is 10.6. The van der Waals surface area contributed by atoms with E-state index >= 15 is 0 Å². The van der Waals surface area contributed by atoms with E-state index in [1.165, 1.54) is 0 Å².